The molecule has 0 saturated carbocycles. The van der Waals surface area contributed by atoms with Gasteiger partial charge in [-0.05, 0) is 22.8 Å². The number of benzene rings is 1. The smallest absolute Gasteiger partial charge is 0.180 e. The normalized spacial score (nSPS) is 18.8. The van der Waals surface area contributed by atoms with E-state index in [4.69, 9.17) is 9.47 Å². The minimum atomic E-state index is -0.0888. The number of methoxy groups -OCH3 is 2. The number of anilines is 1. The zero-order chi connectivity index (χ0) is 21.1. The summed E-state index contributed by atoms with van der Waals surface area (Å²) in [6.07, 6.45) is 9.63. The fourth-order valence-electron chi connectivity index (χ4n) is 3.78. The van der Waals surface area contributed by atoms with Gasteiger partial charge in [-0.25, -0.2) is 9.97 Å². The quantitative estimate of drug-likeness (QED) is 0.626. The molecule has 30 heavy (non-hydrogen) atoms. The SMILES string of the molecule is COC1=CC(c2cnc3c(NCc4ccc(CO)cc4)nccn23)=C[C@H](C)C1OC. The first-order valence-corrected chi connectivity index (χ1v) is 9.89. The van der Waals surface area contributed by atoms with Gasteiger partial charge in [0.25, 0.3) is 0 Å². The van der Waals surface area contributed by atoms with Crippen molar-refractivity contribution in [2.75, 3.05) is 19.5 Å². The van der Waals surface area contributed by atoms with Crippen molar-refractivity contribution in [2.45, 2.75) is 26.2 Å². The lowest BCUT2D eigenvalue weighted by Crippen LogP contribution is -2.25. The van der Waals surface area contributed by atoms with Crippen LogP contribution in [0.3, 0.4) is 0 Å². The number of hydrogen-bond donors (Lipinski definition) is 2. The van der Waals surface area contributed by atoms with Crippen molar-refractivity contribution >= 4 is 17.0 Å². The van der Waals surface area contributed by atoms with E-state index in [0.29, 0.717) is 12.4 Å². The maximum Gasteiger partial charge on any atom is 0.180 e. The Labute approximate surface area is 175 Å². The van der Waals surface area contributed by atoms with Crippen molar-refractivity contribution in [3.05, 3.63) is 77.6 Å². The number of imidazole rings is 1. The summed E-state index contributed by atoms with van der Waals surface area (Å²) in [5, 5.41) is 12.5. The molecule has 2 heterocycles. The Morgan fingerprint density at radius 1 is 1.13 bits per heavy atom. The van der Waals surface area contributed by atoms with E-state index in [-0.39, 0.29) is 18.6 Å². The van der Waals surface area contributed by atoms with Gasteiger partial charge in [0.05, 0.1) is 25.6 Å². The monoisotopic (exact) mass is 406 g/mol. The highest BCUT2D eigenvalue weighted by molar-refractivity contribution is 5.77. The lowest BCUT2D eigenvalue weighted by molar-refractivity contribution is 0.0541. The number of nitrogens with zero attached hydrogens (tertiary/aromatic N) is 3. The molecule has 7 nitrogen and oxygen atoms in total. The number of ether oxygens (including phenoxy) is 2. The predicted octanol–water partition coefficient (Wildman–Crippen LogP) is 3.41. The fraction of sp³-hybridized carbons (Fsp3) is 0.304. The Bertz CT molecular complexity index is 1090. The molecule has 2 aromatic heterocycles. The number of rotatable bonds is 7. The summed E-state index contributed by atoms with van der Waals surface area (Å²) in [4.78, 5) is 9.08. The van der Waals surface area contributed by atoms with Crippen LogP contribution in [0.2, 0.25) is 0 Å². The number of aliphatic hydroxyl groups is 1. The number of fused-ring (bicyclic) bond motifs is 1. The molecule has 0 bridgehead atoms. The Kier molecular flexibility index (Phi) is 5.83. The first kappa shape index (κ1) is 20.1. The molecule has 156 valence electrons. The van der Waals surface area contributed by atoms with E-state index in [0.717, 1.165) is 33.8 Å². The van der Waals surface area contributed by atoms with Gasteiger partial charge in [-0.1, -0.05) is 37.3 Å². The van der Waals surface area contributed by atoms with Gasteiger partial charge >= 0.3 is 0 Å². The van der Waals surface area contributed by atoms with Crippen LogP contribution in [0.25, 0.3) is 11.2 Å². The Morgan fingerprint density at radius 3 is 2.60 bits per heavy atom. The molecule has 1 aromatic carbocycles. The lowest BCUT2D eigenvalue weighted by atomic mass is 9.92. The van der Waals surface area contributed by atoms with Gasteiger partial charge in [0.1, 0.15) is 11.9 Å². The Hall–Kier alpha value is -3.16. The molecule has 0 fully saturated rings. The Morgan fingerprint density at radius 2 is 1.90 bits per heavy atom. The standard InChI is InChI=1S/C23H26N4O3/c1-15-10-18(11-20(29-2)21(15)30-3)19-13-26-23-22(24-8-9-27(19)23)25-12-16-4-6-17(14-28)7-5-16/h4-11,13,15,21,28H,12,14H2,1-3H3,(H,24,25)/t15-,21?/m0/s1. The van der Waals surface area contributed by atoms with Crippen LogP contribution in [-0.4, -0.2) is 39.8 Å². The second-order valence-corrected chi connectivity index (χ2v) is 7.33. The maximum absolute atomic E-state index is 9.18. The maximum atomic E-state index is 9.18. The van der Waals surface area contributed by atoms with Crippen LogP contribution in [0.4, 0.5) is 5.82 Å². The molecule has 4 rings (SSSR count). The van der Waals surface area contributed by atoms with E-state index in [2.05, 4.69) is 28.3 Å². The predicted molar refractivity (Wildman–Crippen MR) is 116 cm³/mol. The van der Waals surface area contributed by atoms with Gasteiger partial charge in [-0.3, -0.25) is 4.40 Å². The van der Waals surface area contributed by atoms with E-state index in [1.807, 2.05) is 47.1 Å². The van der Waals surface area contributed by atoms with Gasteiger partial charge < -0.3 is 19.9 Å². The van der Waals surface area contributed by atoms with E-state index < -0.39 is 0 Å². The number of allylic oxidation sites excluding steroid dienone is 2. The van der Waals surface area contributed by atoms with E-state index in [9.17, 15) is 5.11 Å². The van der Waals surface area contributed by atoms with Crippen LogP contribution in [0.5, 0.6) is 0 Å². The van der Waals surface area contributed by atoms with E-state index in [1.165, 1.54) is 0 Å². The van der Waals surface area contributed by atoms with Crippen molar-refractivity contribution in [3.8, 4) is 0 Å². The Balaban J connectivity index is 1.61. The van der Waals surface area contributed by atoms with Crippen LogP contribution in [-0.2, 0) is 22.6 Å². The first-order chi connectivity index (χ1) is 14.6. The molecule has 2 atom stereocenters. The molecule has 0 radical (unpaired) electrons. The highest BCUT2D eigenvalue weighted by Crippen LogP contribution is 2.31. The third-order valence-electron chi connectivity index (χ3n) is 5.38. The highest BCUT2D eigenvalue weighted by Gasteiger charge is 2.26. The van der Waals surface area contributed by atoms with Crippen LogP contribution < -0.4 is 5.32 Å². The molecule has 3 aromatic rings. The summed E-state index contributed by atoms with van der Waals surface area (Å²) >= 11 is 0. The van der Waals surface area contributed by atoms with Crippen molar-refractivity contribution in [1.29, 1.82) is 0 Å². The number of hydrogen-bond acceptors (Lipinski definition) is 6. The fourth-order valence-corrected chi connectivity index (χ4v) is 3.78. The average molecular weight is 406 g/mol. The highest BCUT2D eigenvalue weighted by atomic mass is 16.5. The molecule has 0 amide bonds. The summed E-state index contributed by atoms with van der Waals surface area (Å²) in [7, 11) is 3.36. The third-order valence-corrected chi connectivity index (χ3v) is 5.38. The minimum Gasteiger partial charge on any atom is -0.498 e. The number of nitrogens with one attached hydrogen (secondary N) is 1. The second-order valence-electron chi connectivity index (χ2n) is 7.33. The molecule has 0 spiro atoms. The molecule has 1 aliphatic rings. The molecule has 1 unspecified atom stereocenters. The number of aromatic nitrogens is 3. The van der Waals surface area contributed by atoms with Crippen molar-refractivity contribution in [1.82, 2.24) is 14.4 Å². The van der Waals surface area contributed by atoms with E-state index >= 15 is 0 Å². The molecule has 0 aliphatic heterocycles. The summed E-state index contributed by atoms with van der Waals surface area (Å²) in [5.74, 6) is 1.69. The largest absolute Gasteiger partial charge is 0.498 e. The van der Waals surface area contributed by atoms with E-state index in [1.54, 1.807) is 20.4 Å². The van der Waals surface area contributed by atoms with Gasteiger partial charge in [-0.2, -0.15) is 0 Å². The van der Waals surface area contributed by atoms with Gasteiger partial charge in [0, 0.05) is 32.0 Å². The number of aliphatic hydroxyl groups excluding tert-OH is 1. The summed E-state index contributed by atoms with van der Waals surface area (Å²) in [6.45, 7) is 2.77. The van der Waals surface area contributed by atoms with Gasteiger partial charge in [0.15, 0.2) is 11.5 Å². The van der Waals surface area contributed by atoms with Gasteiger partial charge in [0.2, 0.25) is 0 Å². The third kappa shape index (κ3) is 3.81. The van der Waals surface area contributed by atoms with Gasteiger partial charge in [-0.15, -0.1) is 0 Å². The summed E-state index contributed by atoms with van der Waals surface area (Å²) in [5.41, 5.74) is 4.76. The second kappa shape index (κ2) is 8.69. The molecule has 1 aliphatic carbocycles. The topological polar surface area (TPSA) is 80.9 Å². The van der Waals surface area contributed by atoms with Crippen LogP contribution in [0.15, 0.2) is 60.8 Å². The molecule has 7 heteroatoms. The zero-order valence-corrected chi connectivity index (χ0v) is 17.4. The first-order valence-electron chi connectivity index (χ1n) is 9.89. The average Bonchev–Trinajstić information content (AvgIpc) is 3.22. The zero-order valence-electron chi connectivity index (χ0n) is 17.4. The van der Waals surface area contributed by atoms with Crippen LogP contribution in [0.1, 0.15) is 23.7 Å². The van der Waals surface area contributed by atoms with Crippen molar-refractivity contribution in [3.63, 3.8) is 0 Å². The van der Waals surface area contributed by atoms with Crippen LogP contribution in [0, 0.1) is 5.92 Å². The van der Waals surface area contributed by atoms with Crippen LogP contribution >= 0.6 is 0 Å². The van der Waals surface area contributed by atoms with Crippen molar-refractivity contribution < 1.29 is 14.6 Å². The molecule has 2 N–H and O–H groups in total. The summed E-state index contributed by atoms with van der Waals surface area (Å²) in [6, 6.07) is 7.82. The lowest BCUT2D eigenvalue weighted by Gasteiger charge is -2.26. The summed E-state index contributed by atoms with van der Waals surface area (Å²) < 4.78 is 13.2. The van der Waals surface area contributed by atoms with Crippen molar-refractivity contribution in [2.24, 2.45) is 5.92 Å². The minimum absolute atomic E-state index is 0.0459. The molecular formula is C23H26N4O3. The molecule has 0 saturated heterocycles. The molecular weight excluding hydrogens is 380 g/mol.